The summed E-state index contributed by atoms with van der Waals surface area (Å²) in [5.41, 5.74) is 9.62. The van der Waals surface area contributed by atoms with Crippen molar-refractivity contribution in [3.63, 3.8) is 0 Å². The summed E-state index contributed by atoms with van der Waals surface area (Å²) in [4.78, 5) is 11.1. The highest BCUT2D eigenvalue weighted by molar-refractivity contribution is 5.75. The van der Waals surface area contributed by atoms with Crippen LogP contribution in [0, 0.1) is 0 Å². The van der Waals surface area contributed by atoms with E-state index in [0.717, 1.165) is 12.0 Å². The first-order valence-corrected chi connectivity index (χ1v) is 5.15. The van der Waals surface area contributed by atoms with Crippen molar-refractivity contribution in [1.82, 2.24) is 0 Å². The maximum absolute atomic E-state index is 11.1. The third-order valence-electron chi connectivity index (χ3n) is 2.89. The fourth-order valence-corrected chi connectivity index (χ4v) is 1.86. The molecular weight excluding hydrogens is 190 g/mol. The number of fused-ring (bicyclic) bond motifs is 1. The number of esters is 1. The molecular formula is C12H15NO2. The van der Waals surface area contributed by atoms with Crippen molar-refractivity contribution in [2.45, 2.75) is 25.3 Å². The molecule has 1 aliphatic carbocycles. The molecule has 1 aliphatic rings. The van der Waals surface area contributed by atoms with Crippen LogP contribution in [-0.4, -0.2) is 19.1 Å². The zero-order valence-corrected chi connectivity index (χ0v) is 8.82. The Morgan fingerprint density at radius 1 is 1.47 bits per heavy atom. The van der Waals surface area contributed by atoms with E-state index in [1.807, 2.05) is 6.07 Å². The van der Waals surface area contributed by atoms with Gasteiger partial charge in [-0.2, -0.15) is 0 Å². The minimum absolute atomic E-state index is 0.349. The molecule has 0 fully saturated rings. The van der Waals surface area contributed by atoms with Crippen molar-refractivity contribution < 1.29 is 9.53 Å². The average molecular weight is 205 g/mol. The van der Waals surface area contributed by atoms with E-state index in [2.05, 4.69) is 16.9 Å². The lowest BCUT2D eigenvalue weighted by molar-refractivity contribution is -0.142. The highest BCUT2D eigenvalue weighted by Crippen LogP contribution is 2.24. The Morgan fingerprint density at radius 2 is 2.20 bits per heavy atom. The number of benzene rings is 1. The molecule has 2 rings (SSSR count). The van der Waals surface area contributed by atoms with Gasteiger partial charge in [0.05, 0.1) is 7.11 Å². The van der Waals surface area contributed by atoms with Gasteiger partial charge in [-0.1, -0.05) is 18.2 Å². The molecule has 1 atom stereocenters. The fraction of sp³-hybridized carbons (Fsp3) is 0.417. The van der Waals surface area contributed by atoms with Crippen LogP contribution in [0.15, 0.2) is 18.2 Å². The van der Waals surface area contributed by atoms with Crippen molar-refractivity contribution in [1.29, 1.82) is 0 Å². The molecule has 2 N–H and O–H groups in total. The number of hydrogen-bond donors (Lipinski definition) is 1. The largest absolute Gasteiger partial charge is 0.468 e. The smallest absolute Gasteiger partial charge is 0.322 e. The molecule has 0 spiro atoms. The fourth-order valence-electron chi connectivity index (χ4n) is 1.86. The maximum Gasteiger partial charge on any atom is 0.322 e. The number of nitrogens with two attached hydrogens (primary N) is 1. The summed E-state index contributed by atoms with van der Waals surface area (Å²) in [5, 5.41) is 0. The third-order valence-corrected chi connectivity index (χ3v) is 2.89. The number of carbonyl (C=O) groups is 1. The molecule has 0 bridgehead atoms. The molecule has 0 unspecified atom stereocenters. The Hall–Kier alpha value is -1.35. The Labute approximate surface area is 89.2 Å². The molecule has 80 valence electrons. The normalized spacial score (nSPS) is 15.1. The first-order valence-electron chi connectivity index (χ1n) is 5.15. The monoisotopic (exact) mass is 205 g/mol. The summed E-state index contributed by atoms with van der Waals surface area (Å²) < 4.78 is 4.59. The second kappa shape index (κ2) is 4.03. The Morgan fingerprint density at radius 3 is 2.73 bits per heavy atom. The van der Waals surface area contributed by atoms with Crippen LogP contribution in [0.1, 0.15) is 16.7 Å². The number of rotatable bonds is 3. The second-order valence-electron chi connectivity index (χ2n) is 3.94. The van der Waals surface area contributed by atoms with Gasteiger partial charge in [0.2, 0.25) is 0 Å². The Balaban J connectivity index is 2.04. The van der Waals surface area contributed by atoms with Gasteiger partial charge in [0.25, 0.3) is 0 Å². The second-order valence-corrected chi connectivity index (χ2v) is 3.94. The lowest BCUT2D eigenvalue weighted by atomic mass is 9.86. The first-order chi connectivity index (χ1) is 7.20. The van der Waals surface area contributed by atoms with E-state index in [9.17, 15) is 4.79 Å². The van der Waals surface area contributed by atoms with Crippen molar-refractivity contribution >= 4 is 5.97 Å². The lowest BCUT2D eigenvalue weighted by Crippen LogP contribution is -2.33. The number of carbonyl (C=O) groups excluding carboxylic acids is 1. The number of ether oxygens (including phenoxy) is 1. The summed E-state index contributed by atoms with van der Waals surface area (Å²) in [5.74, 6) is -0.349. The lowest BCUT2D eigenvalue weighted by Gasteiger charge is -2.20. The number of hydrogen-bond acceptors (Lipinski definition) is 3. The predicted molar refractivity (Wildman–Crippen MR) is 57.5 cm³/mol. The molecule has 1 aromatic rings. The molecule has 0 aromatic heterocycles. The molecule has 0 heterocycles. The molecule has 0 radical (unpaired) electrons. The van der Waals surface area contributed by atoms with Crippen LogP contribution in [0.5, 0.6) is 0 Å². The van der Waals surface area contributed by atoms with E-state index in [0.29, 0.717) is 6.42 Å². The van der Waals surface area contributed by atoms with Crippen LogP contribution < -0.4 is 5.73 Å². The van der Waals surface area contributed by atoms with Crippen LogP contribution in [0.2, 0.25) is 0 Å². The number of methoxy groups -OCH3 is 1. The van der Waals surface area contributed by atoms with Gasteiger partial charge in [-0.05, 0) is 36.0 Å². The SMILES string of the molecule is COC(=O)[C@@H](N)Cc1ccc2c(c1)CC2. The molecule has 0 amide bonds. The Kier molecular flexibility index (Phi) is 2.73. The van der Waals surface area contributed by atoms with Crippen LogP contribution in [0.3, 0.4) is 0 Å². The van der Waals surface area contributed by atoms with Crippen molar-refractivity contribution in [2.24, 2.45) is 5.73 Å². The molecule has 0 aliphatic heterocycles. The van der Waals surface area contributed by atoms with Gasteiger partial charge in [0.1, 0.15) is 6.04 Å². The highest BCUT2D eigenvalue weighted by Gasteiger charge is 2.17. The van der Waals surface area contributed by atoms with Gasteiger partial charge < -0.3 is 10.5 Å². The Bertz CT molecular complexity index is 387. The van der Waals surface area contributed by atoms with Crippen molar-refractivity contribution in [3.8, 4) is 0 Å². The van der Waals surface area contributed by atoms with E-state index < -0.39 is 6.04 Å². The van der Waals surface area contributed by atoms with Crippen LogP contribution in [0.25, 0.3) is 0 Å². The molecule has 15 heavy (non-hydrogen) atoms. The van der Waals surface area contributed by atoms with Gasteiger partial charge in [0.15, 0.2) is 0 Å². The summed E-state index contributed by atoms with van der Waals surface area (Å²) in [6, 6.07) is 5.76. The topological polar surface area (TPSA) is 52.3 Å². The van der Waals surface area contributed by atoms with Gasteiger partial charge in [-0.3, -0.25) is 4.79 Å². The quantitative estimate of drug-likeness (QED) is 0.743. The van der Waals surface area contributed by atoms with Crippen molar-refractivity contribution in [2.75, 3.05) is 7.11 Å². The van der Waals surface area contributed by atoms with Gasteiger partial charge in [-0.15, -0.1) is 0 Å². The third kappa shape index (κ3) is 2.02. The molecule has 0 saturated carbocycles. The van der Waals surface area contributed by atoms with Crippen molar-refractivity contribution in [3.05, 3.63) is 34.9 Å². The highest BCUT2D eigenvalue weighted by atomic mass is 16.5. The molecule has 3 heteroatoms. The van der Waals surface area contributed by atoms with E-state index >= 15 is 0 Å². The number of aryl methyl sites for hydroxylation is 2. The summed E-state index contributed by atoms with van der Waals surface area (Å²) >= 11 is 0. The zero-order valence-electron chi connectivity index (χ0n) is 8.82. The summed E-state index contributed by atoms with van der Waals surface area (Å²) in [7, 11) is 1.36. The van der Waals surface area contributed by atoms with E-state index in [-0.39, 0.29) is 5.97 Å². The van der Waals surface area contributed by atoms with Crippen LogP contribution >= 0.6 is 0 Å². The summed E-state index contributed by atoms with van der Waals surface area (Å²) in [6.45, 7) is 0. The van der Waals surface area contributed by atoms with E-state index in [4.69, 9.17) is 5.73 Å². The van der Waals surface area contributed by atoms with Gasteiger partial charge in [-0.25, -0.2) is 0 Å². The summed E-state index contributed by atoms with van der Waals surface area (Å²) in [6.07, 6.45) is 2.88. The predicted octanol–water partition coefficient (Wildman–Crippen LogP) is 0.828. The molecule has 1 aromatic carbocycles. The van der Waals surface area contributed by atoms with E-state index in [1.54, 1.807) is 0 Å². The maximum atomic E-state index is 11.1. The molecule has 3 nitrogen and oxygen atoms in total. The van der Waals surface area contributed by atoms with Gasteiger partial charge in [0, 0.05) is 0 Å². The van der Waals surface area contributed by atoms with Crippen LogP contribution in [-0.2, 0) is 28.8 Å². The molecule has 0 saturated heterocycles. The standard InChI is InChI=1S/C12H15NO2/c1-15-12(14)11(13)7-8-2-3-9-4-5-10(9)6-8/h2-3,6,11H,4-5,7,13H2,1H3/t11-/m0/s1. The first kappa shape index (κ1) is 10.2. The zero-order chi connectivity index (χ0) is 10.8. The minimum Gasteiger partial charge on any atom is -0.468 e. The van der Waals surface area contributed by atoms with Crippen LogP contribution in [0.4, 0.5) is 0 Å². The average Bonchev–Trinajstić information content (AvgIpc) is 2.21. The van der Waals surface area contributed by atoms with E-state index in [1.165, 1.54) is 24.7 Å². The van der Waals surface area contributed by atoms with Gasteiger partial charge >= 0.3 is 5.97 Å². The minimum atomic E-state index is -0.548.